The summed E-state index contributed by atoms with van der Waals surface area (Å²) >= 11 is 3.25. The minimum Gasteiger partial charge on any atom is -0.296 e. The molecular weight excluding hydrogens is 276 g/mol. The molecule has 3 nitrogen and oxygen atoms in total. The van der Waals surface area contributed by atoms with Crippen molar-refractivity contribution in [1.82, 2.24) is 9.38 Å². The summed E-state index contributed by atoms with van der Waals surface area (Å²) in [6.07, 6.45) is 0.921. The van der Waals surface area contributed by atoms with Crippen LogP contribution in [0.1, 0.15) is 37.0 Å². The Balaban J connectivity index is 2.33. The van der Waals surface area contributed by atoms with Crippen LogP contribution in [0.5, 0.6) is 0 Å². The van der Waals surface area contributed by atoms with E-state index in [0.29, 0.717) is 5.69 Å². The van der Waals surface area contributed by atoms with E-state index in [9.17, 15) is 4.79 Å². The number of aldehydes is 1. The maximum absolute atomic E-state index is 11.5. The molecule has 0 saturated carbocycles. The van der Waals surface area contributed by atoms with Gasteiger partial charge in [-0.3, -0.25) is 9.20 Å². The zero-order chi connectivity index (χ0) is 13.6. The van der Waals surface area contributed by atoms with Crippen LogP contribution in [0.25, 0.3) is 15.5 Å². The smallest absolute Gasteiger partial charge is 0.195 e. The lowest BCUT2D eigenvalue weighted by atomic mass is 9.91. The van der Waals surface area contributed by atoms with Crippen LogP contribution in [0.4, 0.5) is 0 Å². The fourth-order valence-corrected chi connectivity index (χ4v) is 3.84. The number of rotatable bonds is 2. The molecule has 5 heteroatoms. The Morgan fingerprint density at radius 2 is 2.11 bits per heavy atom. The molecular formula is C14H14N2OS2. The molecule has 0 spiro atoms. The molecule has 3 rings (SSSR count). The van der Waals surface area contributed by atoms with Crippen LogP contribution in [0.3, 0.4) is 0 Å². The number of carbonyl (C=O) groups is 1. The Labute approximate surface area is 119 Å². The van der Waals surface area contributed by atoms with Gasteiger partial charge in [0.1, 0.15) is 5.69 Å². The van der Waals surface area contributed by atoms with Crippen LogP contribution >= 0.6 is 22.7 Å². The van der Waals surface area contributed by atoms with Crippen molar-refractivity contribution in [2.45, 2.75) is 26.2 Å². The van der Waals surface area contributed by atoms with Crippen molar-refractivity contribution in [2.75, 3.05) is 0 Å². The van der Waals surface area contributed by atoms with Gasteiger partial charge in [-0.25, -0.2) is 4.98 Å². The topological polar surface area (TPSA) is 34.4 Å². The van der Waals surface area contributed by atoms with Crippen molar-refractivity contribution >= 4 is 33.9 Å². The van der Waals surface area contributed by atoms with Gasteiger partial charge in [-0.05, 0) is 11.4 Å². The second kappa shape index (κ2) is 4.28. The first kappa shape index (κ1) is 12.6. The number of aromatic nitrogens is 2. The van der Waals surface area contributed by atoms with Crippen molar-refractivity contribution in [3.05, 3.63) is 34.3 Å². The van der Waals surface area contributed by atoms with Crippen LogP contribution in [0.15, 0.2) is 22.9 Å². The predicted molar refractivity (Wildman–Crippen MR) is 80.5 cm³/mol. The van der Waals surface area contributed by atoms with Gasteiger partial charge in [0.15, 0.2) is 11.2 Å². The third-order valence-corrected chi connectivity index (χ3v) is 4.71. The number of hydrogen-bond donors (Lipinski definition) is 0. The molecule has 0 fully saturated rings. The summed E-state index contributed by atoms with van der Waals surface area (Å²) in [4.78, 5) is 18.2. The monoisotopic (exact) mass is 290 g/mol. The fourth-order valence-electron chi connectivity index (χ4n) is 2.14. The van der Waals surface area contributed by atoms with Crippen LogP contribution in [-0.4, -0.2) is 15.7 Å². The van der Waals surface area contributed by atoms with Crippen molar-refractivity contribution < 1.29 is 4.79 Å². The molecule has 0 amide bonds. The lowest BCUT2D eigenvalue weighted by Gasteiger charge is -2.15. The van der Waals surface area contributed by atoms with Crippen molar-refractivity contribution in [2.24, 2.45) is 0 Å². The summed E-state index contributed by atoms with van der Waals surface area (Å²) in [5.74, 6) is 0. The number of imidazole rings is 1. The number of nitrogens with zero attached hydrogens (tertiary/aromatic N) is 2. The molecule has 0 aliphatic heterocycles. The minimum absolute atomic E-state index is 0.130. The lowest BCUT2D eigenvalue weighted by Crippen LogP contribution is -2.14. The van der Waals surface area contributed by atoms with E-state index in [2.05, 4.69) is 37.2 Å². The molecule has 0 atom stereocenters. The third-order valence-electron chi connectivity index (χ3n) is 2.99. The number of hydrogen-bond acceptors (Lipinski definition) is 4. The van der Waals surface area contributed by atoms with Gasteiger partial charge in [-0.15, -0.1) is 22.7 Å². The van der Waals surface area contributed by atoms with Crippen LogP contribution in [0.2, 0.25) is 0 Å². The maximum atomic E-state index is 11.5. The minimum atomic E-state index is -0.130. The SMILES string of the molecule is CC(C)(C)c1nc2scc(-c3cccs3)n2c1C=O. The van der Waals surface area contributed by atoms with Gasteiger partial charge in [0.05, 0.1) is 16.3 Å². The number of thiazole rings is 1. The standard InChI is InChI=1S/C14H14N2OS2/c1-14(2,3)12-9(7-17)16-10(8-19-13(16)15-12)11-5-4-6-18-11/h4-8H,1-3H3. The normalized spacial score (nSPS) is 12.2. The van der Waals surface area contributed by atoms with Crippen molar-refractivity contribution in [3.63, 3.8) is 0 Å². The quantitative estimate of drug-likeness (QED) is 0.662. The van der Waals surface area contributed by atoms with E-state index in [0.717, 1.165) is 27.5 Å². The molecule has 3 aromatic rings. The van der Waals surface area contributed by atoms with E-state index in [1.165, 1.54) is 0 Å². The molecule has 0 aromatic carbocycles. The second-order valence-corrected chi connectivity index (χ2v) is 7.21. The van der Waals surface area contributed by atoms with Gasteiger partial charge in [0.25, 0.3) is 0 Å². The molecule has 0 radical (unpaired) electrons. The zero-order valence-electron chi connectivity index (χ0n) is 11.0. The molecule has 98 valence electrons. The van der Waals surface area contributed by atoms with Gasteiger partial charge in [0, 0.05) is 10.8 Å². The largest absolute Gasteiger partial charge is 0.296 e. The highest BCUT2D eigenvalue weighted by Gasteiger charge is 2.25. The van der Waals surface area contributed by atoms with E-state index in [-0.39, 0.29) is 5.41 Å². The van der Waals surface area contributed by atoms with Crippen LogP contribution < -0.4 is 0 Å². The highest BCUT2D eigenvalue weighted by molar-refractivity contribution is 7.17. The maximum Gasteiger partial charge on any atom is 0.195 e. The Bertz CT molecular complexity index is 730. The van der Waals surface area contributed by atoms with Gasteiger partial charge >= 0.3 is 0 Å². The molecule has 3 aromatic heterocycles. The molecule has 19 heavy (non-hydrogen) atoms. The first-order valence-corrected chi connectivity index (χ1v) is 7.78. The number of thiophene rings is 1. The van der Waals surface area contributed by atoms with Gasteiger partial charge in [0.2, 0.25) is 0 Å². The van der Waals surface area contributed by atoms with Crippen molar-refractivity contribution in [3.8, 4) is 10.6 Å². The summed E-state index contributed by atoms with van der Waals surface area (Å²) < 4.78 is 1.98. The van der Waals surface area contributed by atoms with E-state index in [4.69, 9.17) is 0 Å². The summed E-state index contributed by atoms with van der Waals surface area (Å²) in [5, 5.41) is 4.11. The van der Waals surface area contributed by atoms with Crippen LogP contribution in [0, 0.1) is 0 Å². The second-order valence-electron chi connectivity index (χ2n) is 5.43. The van der Waals surface area contributed by atoms with E-state index in [1.54, 1.807) is 22.7 Å². The molecule has 0 unspecified atom stereocenters. The van der Waals surface area contributed by atoms with E-state index in [1.807, 2.05) is 15.8 Å². The first-order chi connectivity index (χ1) is 9.02. The molecule has 0 aliphatic carbocycles. The molecule has 3 heterocycles. The third kappa shape index (κ3) is 1.93. The zero-order valence-corrected chi connectivity index (χ0v) is 12.6. The predicted octanol–water partition coefficient (Wildman–Crippen LogP) is 4.23. The summed E-state index contributed by atoms with van der Waals surface area (Å²) in [5.41, 5.74) is 2.47. The van der Waals surface area contributed by atoms with Gasteiger partial charge in [-0.2, -0.15) is 0 Å². The number of carbonyl (C=O) groups excluding carboxylic acids is 1. The first-order valence-electron chi connectivity index (χ1n) is 6.02. The fraction of sp³-hybridized carbons (Fsp3) is 0.286. The average Bonchev–Trinajstić information content (AvgIpc) is 3.02. The highest BCUT2D eigenvalue weighted by atomic mass is 32.1. The van der Waals surface area contributed by atoms with Crippen molar-refractivity contribution in [1.29, 1.82) is 0 Å². The van der Waals surface area contributed by atoms with Crippen LogP contribution in [-0.2, 0) is 5.41 Å². The molecule has 0 saturated heterocycles. The molecule has 0 N–H and O–H groups in total. The summed E-state index contributed by atoms with van der Waals surface area (Å²) in [6, 6.07) is 4.09. The highest BCUT2D eigenvalue weighted by Crippen LogP contribution is 2.34. The molecule has 0 bridgehead atoms. The lowest BCUT2D eigenvalue weighted by molar-refractivity contribution is 0.111. The molecule has 0 aliphatic rings. The van der Waals surface area contributed by atoms with Gasteiger partial charge in [-0.1, -0.05) is 26.8 Å². The Kier molecular flexibility index (Phi) is 2.83. The summed E-state index contributed by atoms with van der Waals surface area (Å²) in [7, 11) is 0. The summed E-state index contributed by atoms with van der Waals surface area (Å²) in [6.45, 7) is 6.24. The average molecular weight is 290 g/mol. The van der Waals surface area contributed by atoms with Gasteiger partial charge < -0.3 is 0 Å². The number of fused-ring (bicyclic) bond motifs is 1. The van der Waals surface area contributed by atoms with E-state index >= 15 is 0 Å². The van der Waals surface area contributed by atoms with E-state index < -0.39 is 0 Å². The Morgan fingerprint density at radius 3 is 2.68 bits per heavy atom. The Hall–Kier alpha value is -1.46. The Morgan fingerprint density at radius 1 is 1.32 bits per heavy atom.